The Morgan fingerprint density at radius 1 is 0.840 bits per heavy atom. The van der Waals surface area contributed by atoms with Gasteiger partial charge in [0.2, 0.25) is 5.91 Å². The summed E-state index contributed by atoms with van der Waals surface area (Å²) in [4.78, 5) is 13.7. The first-order chi connectivity index (χ1) is 12.1. The molecule has 0 heterocycles. The van der Waals surface area contributed by atoms with Crippen LogP contribution < -0.4 is 10.6 Å². The molecule has 0 unspecified atom stereocenters. The van der Waals surface area contributed by atoms with Crippen molar-refractivity contribution >= 4 is 11.6 Å². The van der Waals surface area contributed by atoms with Crippen LogP contribution in [0.3, 0.4) is 0 Å². The second-order valence-corrected chi connectivity index (χ2v) is 6.24. The van der Waals surface area contributed by atoms with Crippen molar-refractivity contribution in [1.29, 1.82) is 0 Å². The first-order valence-corrected chi connectivity index (χ1v) is 8.36. The normalized spacial score (nSPS) is 10.4. The summed E-state index contributed by atoms with van der Waals surface area (Å²) in [6, 6.07) is 26.4. The summed E-state index contributed by atoms with van der Waals surface area (Å²) in [5.41, 5.74) is 10.6. The second-order valence-electron chi connectivity index (χ2n) is 6.24. The van der Waals surface area contributed by atoms with Crippen molar-refractivity contribution in [3.05, 3.63) is 101 Å². The molecule has 25 heavy (non-hydrogen) atoms. The van der Waals surface area contributed by atoms with Crippen molar-refractivity contribution in [3.63, 3.8) is 0 Å². The Morgan fingerprint density at radius 3 is 2.16 bits per heavy atom. The van der Waals surface area contributed by atoms with Gasteiger partial charge in [-0.15, -0.1) is 0 Å². The highest BCUT2D eigenvalue weighted by Gasteiger charge is 2.10. The van der Waals surface area contributed by atoms with Gasteiger partial charge in [-0.25, -0.2) is 0 Å². The quantitative estimate of drug-likeness (QED) is 0.732. The number of hydrogen-bond acceptors (Lipinski definition) is 2. The molecule has 0 aliphatic heterocycles. The molecule has 0 saturated carbocycles. The third-order valence-corrected chi connectivity index (χ3v) is 4.20. The van der Waals surface area contributed by atoms with E-state index in [1.165, 1.54) is 11.1 Å². The average molecular weight is 330 g/mol. The molecule has 0 fully saturated rings. The molecule has 126 valence electrons. The van der Waals surface area contributed by atoms with Gasteiger partial charge >= 0.3 is 0 Å². The third-order valence-electron chi connectivity index (χ3n) is 4.20. The van der Waals surface area contributed by atoms with Crippen molar-refractivity contribution in [2.45, 2.75) is 20.0 Å². The molecule has 0 spiro atoms. The van der Waals surface area contributed by atoms with Gasteiger partial charge in [-0.05, 0) is 42.3 Å². The van der Waals surface area contributed by atoms with E-state index in [1.807, 2.05) is 24.3 Å². The highest BCUT2D eigenvalue weighted by atomic mass is 16.1. The number of primary amides is 1. The smallest absolute Gasteiger partial charge is 0.248 e. The van der Waals surface area contributed by atoms with E-state index in [-0.39, 0.29) is 0 Å². The molecule has 3 aromatic rings. The topological polar surface area (TPSA) is 46.3 Å². The van der Waals surface area contributed by atoms with Crippen molar-refractivity contribution < 1.29 is 4.79 Å². The Labute approximate surface area is 148 Å². The van der Waals surface area contributed by atoms with Gasteiger partial charge in [0, 0.05) is 24.3 Å². The van der Waals surface area contributed by atoms with Crippen LogP contribution in [-0.4, -0.2) is 5.91 Å². The zero-order valence-corrected chi connectivity index (χ0v) is 14.4. The molecule has 3 aromatic carbocycles. The van der Waals surface area contributed by atoms with E-state index in [1.54, 1.807) is 6.07 Å². The summed E-state index contributed by atoms with van der Waals surface area (Å²) in [5.74, 6) is -0.396. The molecule has 0 radical (unpaired) electrons. The Hall–Kier alpha value is -3.07. The van der Waals surface area contributed by atoms with Gasteiger partial charge in [0.15, 0.2) is 0 Å². The van der Waals surface area contributed by atoms with Gasteiger partial charge < -0.3 is 10.6 Å². The van der Waals surface area contributed by atoms with E-state index in [4.69, 9.17) is 5.73 Å². The fraction of sp³-hybridized carbons (Fsp3) is 0.136. The first kappa shape index (κ1) is 16.8. The number of benzene rings is 3. The minimum Gasteiger partial charge on any atom is -0.366 e. The molecular formula is C22H22N2O. The van der Waals surface area contributed by atoms with Crippen LogP contribution in [0.15, 0.2) is 78.9 Å². The minimum atomic E-state index is -0.396. The van der Waals surface area contributed by atoms with Crippen LogP contribution in [0.1, 0.15) is 27.0 Å². The lowest BCUT2D eigenvalue weighted by atomic mass is 10.1. The molecule has 0 atom stereocenters. The van der Waals surface area contributed by atoms with Crippen LogP contribution in [0.2, 0.25) is 0 Å². The molecule has 3 rings (SSSR count). The molecule has 0 bridgehead atoms. The predicted molar refractivity (Wildman–Crippen MR) is 102 cm³/mol. The van der Waals surface area contributed by atoms with E-state index in [2.05, 4.69) is 60.4 Å². The Morgan fingerprint density at radius 2 is 1.48 bits per heavy atom. The molecule has 3 heteroatoms. The third kappa shape index (κ3) is 4.48. The average Bonchev–Trinajstić information content (AvgIpc) is 2.63. The molecule has 2 N–H and O–H groups in total. The molecule has 0 aromatic heterocycles. The molecular weight excluding hydrogens is 308 g/mol. The summed E-state index contributed by atoms with van der Waals surface area (Å²) >= 11 is 0. The van der Waals surface area contributed by atoms with Crippen LogP contribution in [-0.2, 0) is 13.1 Å². The van der Waals surface area contributed by atoms with Gasteiger partial charge in [-0.2, -0.15) is 0 Å². The van der Waals surface area contributed by atoms with Crippen LogP contribution in [0, 0.1) is 6.92 Å². The SMILES string of the molecule is Cc1ccc(N(Cc2ccccc2)Cc2cccc(C(N)=O)c2)cc1. The Kier molecular flexibility index (Phi) is 5.14. The van der Waals surface area contributed by atoms with Gasteiger partial charge in [0.25, 0.3) is 0 Å². The fourth-order valence-electron chi connectivity index (χ4n) is 2.84. The number of aryl methyl sites for hydroxylation is 1. The lowest BCUT2D eigenvalue weighted by Crippen LogP contribution is -2.22. The van der Waals surface area contributed by atoms with Gasteiger partial charge in [-0.1, -0.05) is 60.2 Å². The zero-order chi connectivity index (χ0) is 17.6. The minimum absolute atomic E-state index is 0.396. The van der Waals surface area contributed by atoms with Crippen molar-refractivity contribution in [2.75, 3.05) is 4.90 Å². The number of rotatable bonds is 6. The van der Waals surface area contributed by atoms with Crippen LogP contribution >= 0.6 is 0 Å². The summed E-state index contributed by atoms with van der Waals surface area (Å²) in [6.45, 7) is 3.59. The predicted octanol–water partition coefficient (Wildman–Crippen LogP) is 4.30. The Balaban J connectivity index is 1.89. The van der Waals surface area contributed by atoms with Crippen LogP contribution in [0.5, 0.6) is 0 Å². The summed E-state index contributed by atoms with van der Waals surface area (Å²) < 4.78 is 0. The van der Waals surface area contributed by atoms with Gasteiger partial charge in [-0.3, -0.25) is 4.79 Å². The summed E-state index contributed by atoms with van der Waals surface area (Å²) in [5, 5.41) is 0. The number of anilines is 1. The van der Waals surface area contributed by atoms with Crippen molar-refractivity contribution in [1.82, 2.24) is 0 Å². The van der Waals surface area contributed by atoms with E-state index >= 15 is 0 Å². The van der Waals surface area contributed by atoms with Gasteiger partial charge in [0.05, 0.1) is 0 Å². The molecule has 1 amide bonds. The monoisotopic (exact) mass is 330 g/mol. The zero-order valence-electron chi connectivity index (χ0n) is 14.4. The lowest BCUT2D eigenvalue weighted by Gasteiger charge is -2.25. The van der Waals surface area contributed by atoms with E-state index < -0.39 is 5.91 Å². The molecule has 0 aliphatic carbocycles. The molecule has 3 nitrogen and oxygen atoms in total. The van der Waals surface area contributed by atoms with E-state index in [9.17, 15) is 4.79 Å². The fourth-order valence-corrected chi connectivity index (χ4v) is 2.84. The number of carbonyl (C=O) groups excluding carboxylic acids is 1. The van der Waals surface area contributed by atoms with E-state index in [0.717, 1.165) is 17.8 Å². The highest BCUT2D eigenvalue weighted by molar-refractivity contribution is 5.92. The van der Waals surface area contributed by atoms with E-state index in [0.29, 0.717) is 12.1 Å². The lowest BCUT2D eigenvalue weighted by molar-refractivity contribution is 0.1000. The number of hydrogen-bond donors (Lipinski definition) is 1. The molecule has 0 aliphatic rings. The van der Waals surface area contributed by atoms with Crippen LogP contribution in [0.4, 0.5) is 5.69 Å². The molecule has 0 saturated heterocycles. The summed E-state index contributed by atoms with van der Waals surface area (Å²) in [6.07, 6.45) is 0. The number of carbonyl (C=O) groups is 1. The van der Waals surface area contributed by atoms with Gasteiger partial charge in [0.1, 0.15) is 0 Å². The number of nitrogens with zero attached hydrogens (tertiary/aromatic N) is 1. The maximum Gasteiger partial charge on any atom is 0.248 e. The number of amides is 1. The van der Waals surface area contributed by atoms with Crippen LogP contribution in [0.25, 0.3) is 0 Å². The first-order valence-electron chi connectivity index (χ1n) is 8.36. The summed E-state index contributed by atoms with van der Waals surface area (Å²) in [7, 11) is 0. The maximum atomic E-state index is 11.4. The van der Waals surface area contributed by atoms with Crippen molar-refractivity contribution in [3.8, 4) is 0 Å². The second kappa shape index (κ2) is 7.67. The standard InChI is InChI=1S/C22H22N2O/c1-17-10-12-21(13-11-17)24(15-18-6-3-2-4-7-18)16-19-8-5-9-20(14-19)22(23)25/h2-14H,15-16H2,1H3,(H2,23,25). The number of nitrogens with two attached hydrogens (primary N) is 1. The highest BCUT2D eigenvalue weighted by Crippen LogP contribution is 2.21. The Bertz CT molecular complexity index is 841. The van der Waals surface area contributed by atoms with Crippen molar-refractivity contribution in [2.24, 2.45) is 5.73 Å². The maximum absolute atomic E-state index is 11.4. The largest absolute Gasteiger partial charge is 0.366 e.